The number of aromatic amines is 1. The Morgan fingerprint density at radius 3 is 2.61 bits per heavy atom. The second kappa shape index (κ2) is 3.57. The molecule has 2 aliphatic rings. The molecule has 0 bridgehead atoms. The Bertz CT molecular complexity index is 620. The molecule has 2 fully saturated rings. The molecule has 1 aromatic rings. The third-order valence-corrected chi connectivity index (χ3v) is 4.06. The van der Waals surface area contributed by atoms with Crippen LogP contribution >= 0.6 is 0 Å². The van der Waals surface area contributed by atoms with Gasteiger partial charge >= 0.3 is 11.7 Å². The number of carboxylic acids is 1. The molecule has 18 heavy (non-hydrogen) atoms. The van der Waals surface area contributed by atoms with Gasteiger partial charge in [-0.25, -0.2) is 9.59 Å². The van der Waals surface area contributed by atoms with Gasteiger partial charge in [0.1, 0.15) is 5.56 Å². The molecule has 0 aromatic carbocycles. The van der Waals surface area contributed by atoms with Gasteiger partial charge in [-0.05, 0) is 37.0 Å². The maximum atomic E-state index is 11.7. The van der Waals surface area contributed by atoms with E-state index in [1.54, 1.807) is 0 Å². The molecule has 0 aliphatic heterocycles. The van der Waals surface area contributed by atoms with Crippen molar-refractivity contribution in [2.45, 2.75) is 32.2 Å². The van der Waals surface area contributed by atoms with Gasteiger partial charge in [0.05, 0.1) is 0 Å². The Labute approximate surface area is 102 Å². The molecule has 0 spiro atoms. The number of aromatic carboxylic acids is 1. The molecule has 1 heterocycles. The first-order chi connectivity index (χ1) is 8.52. The minimum Gasteiger partial charge on any atom is -0.477 e. The zero-order valence-electron chi connectivity index (χ0n) is 9.81. The largest absolute Gasteiger partial charge is 0.477 e. The monoisotopic (exact) mass is 250 g/mol. The number of rotatable bonds is 4. The molecule has 0 radical (unpaired) electrons. The van der Waals surface area contributed by atoms with E-state index in [4.69, 9.17) is 5.11 Å². The molecule has 0 amide bonds. The smallest absolute Gasteiger partial charge is 0.342 e. The molecule has 2 saturated carbocycles. The van der Waals surface area contributed by atoms with Crippen LogP contribution in [0.25, 0.3) is 0 Å². The van der Waals surface area contributed by atoms with Gasteiger partial charge in [-0.3, -0.25) is 14.3 Å². The van der Waals surface area contributed by atoms with E-state index in [-0.39, 0.29) is 11.0 Å². The highest BCUT2D eigenvalue weighted by atomic mass is 16.4. The zero-order valence-corrected chi connectivity index (χ0v) is 9.81. The van der Waals surface area contributed by atoms with Crippen LogP contribution in [0, 0.1) is 11.3 Å². The lowest BCUT2D eigenvalue weighted by Gasteiger charge is -2.15. The molecule has 6 heteroatoms. The van der Waals surface area contributed by atoms with Crippen molar-refractivity contribution in [1.82, 2.24) is 9.55 Å². The number of nitrogens with zero attached hydrogens (tertiary/aromatic N) is 1. The van der Waals surface area contributed by atoms with E-state index in [0.29, 0.717) is 12.5 Å². The third-order valence-electron chi connectivity index (χ3n) is 4.06. The predicted molar refractivity (Wildman–Crippen MR) is 62.7 cm³/mol. The van der Waals surface area contributed by atoms with Gasteiger partial charge in [-0.2, -0.15) is 0 Å². The molecule has 0 saturated heterocycles. The molecular formula is C12H14N2O4. The standard InChI is InChI=1S/C12H14N2O4/c15-9-8(10(16)17)5-14(11(18)13-9)6-12(3-4-12)7-1-2-7/h5,7H,1-4,6H2,(H,16,17)(H,13,15,18). The number of aromatic nitrogens is 2. The van der Waals surface area contributed by atoms with E-state index >= 15 is 0 Å². The van der Waals surface area contributed by atoms with Crippen molar-refractivity contribution >= 4 is 5.97 Å². The first-order valence-electron chi connectivity index (χ1n) is 6.09. The Morgan fingerprint density at radius 2 is 2.11 bits per heavy atom. The third kappa shape index (κ3) is 1.77. The molecule has 0 atom stereocenters. The van der Waals surface area contributed by atoms with Crippen LogP contribution in [0.4, 0.5) is 0 Å². The van der Waals surface area contributed by atoms with Crippen molar-refractivity contribution in [3.8, 4) is 0 Å². The summed E-state index contributed by atoms with van der Waals surface area (Å²) in [6.07, 6.45) is 5.75. The van der Waals surface area contributed by atoms with Crippen LogP contribution in [0.2, 0.25) is 0 Å². The Balaban J connectivity index is 1.96. The SMILES string of the molecule is O=C(O)c1cn(CC2(C3CC3)CC2)c(=O)[nH]c1=O. The molecule has 6 nitrogen and oxygen atoms in total. The van der Waals surface area contributed by atoms with Crippen LogP contribution < -0.4 is 11.2 Å². The fraction of sp³-hybridized carbons (Fsp3) is 0.583. The van der Waals surface area contributed by atoms with E-state index in [1.165, 1.54) is 23.6 Å². The Kier molecular flexibility index (Phi) is 2.23. The van der Waals surface area contributed by atoms with Crippen molar-refractivity contribution in [3.63, 3.8) is 0 Å². The van der Waals surface area contributed by atoms with Crippen LogP contribution in [0.15, 0.2) is 15.8 Å². The summed E-state index contributed by atoms with van der Waals surface area (Å²) in [6.45, 7) is 0.521. The minimum atomic E-state index is -1.30. The summed E-state index contributed by atoms with van der Waals surface area (Å²) in [5.41, 5.74) is -1.55. The van der Waals surface area contributed by atoms with Crippen molar-refractivity contribution in [2.24, 2.45) is 11.3 Å². The number of carbonyl (C=O) groups is 1. The zero-order chi connectivity index (χ0) is 12.9. The van der Waals surface area contributed by atoms with Gasteiger partial charge in [0.15, 0.2) is 0 Å². The normalized spacial score (nSPS) is 20.7. The molecule has 96 valence electrons. The second-order valence-corrected chi connectivity index (χ2v) is 5.37. The number of hydrogen-bond acceptors (Lipinski definition) is 3. The fourth-order valence-corrected chi connectivity index (χ4v) is 2.67. The molecule has 1 aromatic heterocycles. The van der Waals surface area contributed by atoms with Crippen LogP contribution in [0.3, 0.4) is 0 Å². The van der Waals surface area contributed by atoms with Gasteiger partial charge in [-0.1, -0.05) is 0 Å². The lowest BCUT2D eigenvalue weighted by molar-refractivity contribution is 0.0693. The maximum Gasteiger partial charge on any atom is 0.342 e. The van der Waals surface area contributed by atoms with E-state index < -0.39 is 17.2 Å². The number of nitrogens with one attached hydrogen (secondary N) is 1. The van der Waals surface area contributed by atoms with Gasteiger partial charge in [-0.15, -0.1) is 0 Å². The van der Waals surface area contributed by atoms with E-state index in [2.05, 4.69) is 4.98 Å². The van der Waals surface area contributed by atoms with Gasteiger partial charge in [0, 0.05) is 12.7 Å². The van der Waals surface area contributed by atoms with E-state index in [9.17, 15) is 14.4 Å². The molecule has 2 aliphatic carbocycles. The summed E-state index contributed by atoms with van der Waals surface area (Å²) in [4.78, 5) is 35.9. The summed E-state index contributed by atoms with van der Waals surface area (Å²) in [6, 6.07) is 0. The van der Waals surface area contributed by atoms with Crippen molar-refractivity contribution in [2.75, 3.05) is 0 Å². The number of hydrogen-bond donors (Lipinski definition) is 2. The van der Waals surface area contributed by atoms with Gasteiger partial charge < -0.3 is 5.11 Å². The highest BCUT2D eigenvalue weighted by Gasteiger charge is 2.53. The lowest BCUT2D eigenvalue weighted by Crippen LogP contribution is -2.35. The Morgan fingerprint density at radius 1 is 1.44 bits per heavy atom. The first kappa shape index (κ1) is 11.3. The summed E-state index contributed by atoms with van der Waals surface area (Å²) in [5, 5.41) is 8.88. The Hall–Kier alpha value is -1.85. The fourth-order valence-electron chi connectivity index (χ4n) is 2.67. The topological polar surface area (TPSA) is 92.2 Å². The lowest BCUT2D eigenvalue weighted by atomic mass is 10.0. The van der Waals surface area contributed by atoms with Gasteiger partial charge in [0.2, 0.25) is 0 Å². The van der Waals surface area contributed by atoms with Crippen LogP contribution in [0.5, 0.6) is 0 Å². The number of carboxylic acid groups (broad SMARTS) is 1. The molecular weight excluding hydrogens is 236 g/mol. The first-order valence-corrected chi connectivity index (χ1v) is 6.09. The van der Waals surface area contributed by atoms with Crippen LogP contribution in [-0.2, 0) is 6.54 Å². The van der Waals surface area contributed by atoms with Crippen LogP contribution in [0.1, 0.15) is 36.0 Å². The summed E-state index contributed by atoms with van der Waals surface area (Å²) >= 11 is 0. The number of H-pyrrole nitrogens is 1. The quantitative estimate of drug-likeness (QED) is 0.810. The minimum absolute atomic E-state index is 0.178. The molecule has 2 N–H and O–H groups in total. The summed E-state index contributed by atoms with van der Waals surface area (Å²) < 4.78 is 1.34. The average Bonchev–Trinajstić information content (AvgIpc) is 3.12. The van der Waals surface area contributed by atoms with Crippen molar-refractivity contribution in [3.05, 3.63) is 32.6 Å². The highest BCUT2D eigenvalue weighted by molar-refractivity contribution is 5.86. The predicted octanol–water partition coefficient (Wildman–Crippen LogP) is 0.425. The second-order valence-electron chi connectivity index (χ2n) is 5.37. The van der Waals surface area contributed by atoms with E-state index in [0.717, 1.165) is 12.8 Å². The summed E-state index contributed by atoms with van der Waals surface area (Å²) in [7, 11) is 0. The van der Waals surface area contributed by atoms with Crippen molar-refractivity contribution < 1.29 is 9.90 Å². The van der Waals surface area contributed by atoms with Crippen LogP contribution in [-0.4, -0.2) is 20.6 Å². The van der Waals surface area contributed by atoms with Crippen molar-refractivity contribution in [1.29, 1.82) is 0 Å². The van der Waals surface area contributed by atoms with E-state index in [1.807, 2.05) is 0 Å². The molecule has 3 rings (SSSR count). The highest BCUT2D eigenvalue weighted by Crippen LogP contribution is 2.62. The van der Waals surface area contributed by atoms with Gasteiger partial charge in [0.25, 0.3) is 5.56 Å². The molecule has 0 unspecified atom stereocenters. The summed E-state index contributed by atoms with van der Waals surface area (Å²) in [5.74, 6) is -0.633. The maximum absolute atomic E-state index is 11.7. The average molecular weight is 250 g/mol.